The van der Waals surface area contributed by atoms with Crippen LogP contribution in [-0.2, 0) is 4.79 Å². The van der Waals surface area contributed by atoms with E-state index in [9.17, 15) is 23.9 Å². The molecule has 2 aliphatic rings. The lowest BCUT2D eigenvalue weighted by Crippen LogP contribution is -2.54. The van der Waals surface area contributed by atoms with Crippen molar-refractivity contribution in [1.29, 1.82) is 0 Å². The number of aromatic nitrogens is 1. The van der Waals surface area contributed by atoms with Crippen LogP contribution in [0.25, 0.3) is 10.9 Å². The summed E-state index contributed by atoms with van der Waals surface area (Å²) in [4.78, 5) is 35.1. The van der Waals surface area contributed by atoms with Crippen LogP contribution in [0.5, 0.6) is 0 Å². The first-order valence-electron chi connectivity index (χ1n) is 9.49. The molecule has 1 aromatic carbocycles. The maximum atomic E-state index is 14.7. The van der Waals surface area contributed by atoms with Gasteiger partial charge in [0, 0.05) is 50.7 Å². The van der Waals surface area contributed by atoms with E-state index in [1.165, 1.54) is 13.1 Å². The highest BCUT2D eigenvalue weighted by Gasteiger charge is 2.27. The number of hydrogen-bond acceptors (Lipinski definition) is 6. The summed E-state index contributed by atoms with van der Waals surface area (Å²) in [5.41, 5.74) is 5.49. The maximum absolute atomic E-state index is 14.7. The van der Waals surface area contributed by atoms with E-state index in [0.29, 0.717) is 31.7 Å². The van der Waals surface area contributed by atoms with E-state index < -0.39 is 17.2 Å². The monoisotopic (exact) mass is 403 g/mol. The number of anilines is 1. The number of rotatable bonds is 5. The molecule has 4 rings (SSSR count). The Balaban J connectivity index is 1.63. The van der Waals surface area contributed by atoms with Gasteiger partial charge in [-0.05, 0) is 25.0 Å². The van der Waals surface area contributed by atoms with E-state index in [2.05, 4.69) is 10.9 Å². The quantitative estimate of drug-likeness (QED) is 0.688. The number of aromatic carboxylic acids is 1. The third kappa shape index (κ3) is 3.94. The second-order valence-electron chi connectivity index (χ2n) is 7.42. The number of hydrogen-bond donors (Lipinski definition) is 3. The third-order valence-corrected chi connectivity index (χ3v) is 5.17. The van der Waals surface area contributed by atoms with Crippen molar-refractivity contribution in [3.05, 3.63) is 39.9 Å². The highest BCUT2D eigenvalue weighted by atomic mass is 19.1. The Kier molecular flexibility index (Phi) is 4.97. The fourth-order valence-electron chi connectivity index (χ4n) is 3.59. The maximum Gasteiger partial charge on any atom is 0.341 e. The van der Waals surface area contributed by atoms with E-state index in [1.54, 1.807) is 15.6 Å². The number of carbonyl (C=O) groups is 2. The molecule has 0 radical (unpaired) electrons. The molecule has 10 heteroatoms. The van der Waals surface area contributed by atoms with Crippen molar-refractivity contribution < 1.29 is 19.1 Å². The number of halogens is 1. The summed E-state index contributed by atoms with van der Waals surface area (Å²) in [6.45, 7) is 3.73. The molecular weight excluding hydrogens is 381 g/mol. The molecule has 154 valence electrons. The van der Waals surface area contributed by atoms with Crippen molar-refractivity contribution in [2.45, 2.75) is 25.8 Å². The second kappa shape index (κ2) is 7.45. The average Bonchev–Trinajstić information content (AvgIpc) is 3.49. The zero-order chi connectivity index (χ0) is 20.7. The number of carbonyl (C=O) groups excluding carboxylic acids is 1. The molecule has 1 aliphatic carbocycles. The van der Waals surface area contributed by atoms with Crippen molar-refractivity contribution >= 4 is 28.5 Å². The first-order chi connectivity index (χ1) is 13.8. The third-order valence-electron chi connectivity index (χ3n) is 5.17. The van der Waals surface area contributed by atoms with Gasteiger partial charge in [-0.25, -0.2) is 19.2 Å². The molecule has 1 amide bonds. The Morgan fingerprint density at radius 2 is 1.79 bits per heavy atom. The fourth-order valence-corrected chi connectivity index (χ4v) is 3.59. The van der Waals surface area contributed by atoms with Gasteiger partial charge in [0.15, 0.2) is 0 Å². The molecule has 2 fully saturated rings. The van der Waals surface area contributed by atoms with E-state index in [4.69, 9.17) is 0 Å². The topological polar surface area (TPSA) is 107 Å². The molecule has 2 aromatic rings. The van der Waals surface area contributed by atoms with Crippen LogP contribution in [0, 0.1) is 5.82 Å². The molecule has 1 saturated heterocycles. The molecule has 0 spiro atoms. The number of nitrogens with one attached hydrogen (secondary N) is 2. The smallest absolute Gasteiger partial charge is 0.341 e. The lowest BCUT2D eigenvalue weighted by molar-refractivity contribution is -0.124. The van der Waals surface area contributed by atoms with E-state index in [0.717, 1.165) is 18.9 Å². The van der Waals surface area contributed by atoms with Crippen molar-refractivity contribution in [3.8, 4) is 0 Å². The molecule has 29 heavy (non-hydrogen) atoms. The summed E-state index contributed by atoms with van der Waals surface area (Å²) in [5, 5.41) is 13.0. The molecule has 2 heterocycles. The van der Waals surface area contributed by atoms with Gasteiger partial charge in [0.05, 0.1) is 11.2 Å². The first kappa shape index (κ1) is 19.3. The van der Waals surface area contributed by atoms with E-state index in [-0.39, 0.29) is 28.6 Å². The summed E-state index contributed by atoms with van der Waals surface area (Å²) in [6.07, 6.45) is 3.14. The van der Waals surface area contributed by atoms with E-state index in [1.807, 2.05) is 5.01 Å². The van der Waals surface area contributed by atoms with Gasteiger partial charge in [-0.1, -0.05) is 0 Å². The summed E-state index contributed by atoms with van der Waals surface area (Å²) in [7, 11) is 0. The van der Waals surface area contributed by atoms with E-state index >= 15 is 0 Å². The summed E-state index contributed by atoms with van der Waals surface area (Å²) in [6, 6.07) is 2.80. The van der Waals surface area contributed by atoms with Gasteiger partial charge in [0.1, 0.15) is 11.4 Å². The van der Waals surface area contributed by atoms with Gasteiger partial charge in [-0.15, -0.1) is 0 Å². The van der Waals surface area contributed by atoms with Gasteiger partial charge in [-0.3, -0.25) is 15.0 Å². The second-order valence-corrected chi connectivity index (χ2v) is 7.42. The lowest BCUT2D eigenvalue weighted by Gasteiger charge is -2.35. The predicted molar refractivity (Wildman–Crippen MR) is 104 cm³/mol. The molecule has 3 N–H and O–H groups in total. The van der Waals surface area contributed by atoms with Gasteiger partial charge in [-0.2, -0.15) is 0 Å². The Morgan fingerprint density at radius 3 is 2.38 bits per heavy atom. The minimum Gasteiger partial charge on any atom is -0.477 e. The van der Waals surface area contributed by atoms with Crippen LogP contribution in [0.3, 0.4) is 0 Å². The summed E-state index contributed by atoms with van der Waals surface area (Å²) in [5.74, 6) is -2.07. The zero-order valence-electron chi connectivity index (χ0n) is 15.9. The number of carboxylic acid groups (broad SMARTS) is 1. The van der Waals surface area contributed by atoms with Crippen LogP contribution in [0.1, 0.15) is 36.2 Å². The SMILES string of the molecule is CC(=O)NN1CCN(Nc2cc3c(cc2F)c(=O)c(C(=O)O)cn3C2CC2)CC1. The van der Waals surface area contributed by atoms with Crippen LogP contribution in [0.2, 0.25) is 0 Å². The molecule has 1 aliphatic heterocycles. The number of nitrogens with zero attached hydrogens (tertiary/aromatic N) is 3. The van der Waals surface area contributed by atoms with Crippen molar-refractivity contribution in [1.82, 2.24) is 20.0 Å². The number of carboxylic acids is 1. The van der Waals surface area contributed by atoms with Crippen LogP contribution in [-0.4, -0.2) is 57.7 Å². The number of fused-ring (bicyclic) bond motifs is 1. The molecular formula is C19H22FN5O4. The fraction of sp³-hybridized carbons (Fsp3) is 0.421. The first-order valence-corrected chi connectivity index (χ1v) is 9.49. The standard InChI is InChI=1S/C19H22FN5O4/c1-11(26)21-23-4-6-24(7-5-23)22-16-9-17-13(8-15(16)20)18(27)14(19(28)29)10-25(17)12-2-3-12/h8-10,12,22H,2-7H2,1H3,(H,21,26)(H,28,29). The number of amides is 1. The van der Waals surface area contributed by atoms with Crippen LogP contribution in [0.15, 0.2) is 23.1 Å². The summed E-state index contributed by atoms with van der Waals surface area (Å²) >= 11 is 0. The van der Waals surface area contributed by atoms with Gasteiger partial charge < -0.3 is 15.1 Å². The van der Waals surface area contributed by atoms with Gasteiger partial charge in [0.2, 0.25) is 11.3 Å². The summed E-state index contributed by atoms with van der Waals surface area (Å²) < 4.78 is 16.5. The molecule has 1 saturated carbocycles. The Bertz CT molecular complexity index is 1040. The average molecular weight is 403 g/mol. The number of piperazine rings is 1. The largest absolute Gasteiger partial charge is 0.477 e. The zero-order valence-corrected chi connectivity index (χ0v) is 15.9. The Hall–Kier alpha value is -2.98. The normalized spacial score (nSPS) is 18.0. The Morgan fingerprint density at radius 1 is 1.14 bits per heavy atom. The minimum absolute atomic E-state index is 0.0651. The van der Waals surface area contributed by atoms with Crippen molar-refractivity contribution in [3.63, 3.8) is 0 Å². The molecule has 9 nitrogen and oxygen atoms in total. The molecule has 0 atom stereocenters. The number of benzene rings is 1. The van der Waals surface area contributed by atoms with Gasteiger partial charge >= 0.3 is 5.97 Å². The molecule has 1 aromatic heterocycles. The van der Waals surface area contributed by atoms with Crippen LogP contribution < -0.4 is 16.3 Å². The molecule has 0 unspecified atom stereocenters. The number of hydrazine groups is 2. The van der Waals surface area contributed by atoms with Crippen LogP contribution >= 0.6 is 0 Å². The number of pyridine rings is 1. The van der Waals surface area contributed by atoms with Crippen LogP contribution in [0.4, 0.5) is 10.1 Å². The highest BCUT2D eigenvalue weighted by Crippen LogP contribution is 2.37. The highest BCUT2D eigenvalue weighted by molar-refractivity contribution is 5.93. The molecule has 0 bridgehead atoms. The van der Waals surface area contributed by atoms with Crippen molar-refractivity contribution in [2.75, 3.05) is 31.6 Å². The Labute approximate surface area is 165 Å². The van der Waals surface area contributed by atoms with Gasteiger partial charge in [0.25, 0.3) is 0 Å². The predicted octanol–water partition coefficient (Wildman–Crippen LogP) is 1.17. The minimum atomic E-state index is -1.31. The lowest BCUT2D eigenvalue weighted by atomic mass is 10.1. The van der Waals surface area contributed by atoms with Crippen molar-refractivity contribution in [2.24, 2.45) is 0 Å².